The molecule has 29 heavy (non-hydrogen) atoms. The summed E-state index contributed by atoms with van der Waals surface area (Å²) in [5.74, 6) is 1.33. The van der Waals surface area contributed by atoms with Crippen LogP contribution in [0, 0.1) is 5.92 Å². The number of nitrogens with one attached hydrogen (secondary N) is 1. The smallest absolute Gasteiger partial charge is 0.243 e. The highest BCUT2D eigenvalue weighted by Gasteiger charge is 2.28. The lowest BCUT2D eigenvalue weighted by molar-refractivity contribution is 0.288. The van der Waals surface area contributed by atoms with E-state index in [4.69, 9.17) is 0 Å². The zero-order valence-corrected chi connectivity index (χ0v) is 17.7. The van der Waals surface area contributed by atoms with Crippen molar-refractivity contribution in [1.82, 2.24) is 9.29 Å². The first-order chi connectivity index (χ1) is 14.0. The molecule has 1 aliphatic rings. The first kappa shape index (κ1) is 19.9. The maximum Gasteiger partial charge on any atom is 0.243 e. The summed E-state index contributed by atoms with van der Waals surface area (Å²) >= 11 is 0. The van der Waals surface area contributed by atoms with Crippen molar-refractivity contribution in [3.8, 4) is 0 Å². The summed E-state index contributed by atoms with van der Waals surface area (Å²) in [5, 5.41) is 4.16. The Morgan fingerprint density at radius 1 is 1.07 bits per heavy atom. The highest BCUT2D eigenvalue weighted by molar-refractivity contribution is 7.89. The third kappa shape index (κ3) is 4.28. The van der Waals surface area contributed by atoms with Crippen LogP contribution in [0.5, 0.6) is 0 Å². The third-order valence-corrected chi connectivity index (χ3v) is 7.54. The van der Waals surface area contributed by atoms with Gasteiger partial charge in [-0.15, -0.1) is 0 Å². The second kappa shape index (κ2) is 8.13. The zero-order valence-electron chi connectivity index (χ0n) is 16.9. The second-order valence-corrected chi connectivity index (χ2v) is 9.75. The number of fused-ring (bicyclic) bond motifs is 1. The molecule has 0 unspecified atom stereocenters. The number of pyridine rings is 1. The summed E-state index contributed by atoms with van der Waals surface area (Å²) in [6.45, 7) is 5.50. The predicted octanol–water partition coefficient (Wildman–Crippen LogP) is 4.96. The predicted molar refractivity (Wildman–Crippen MR) is 118 cm³/mol. The van der Waals surface area contributed by atoms with Crippen LogP contribution in [-0.2, 0) is 16.4 Å². The Morgan fingerprint density at radius 2 is 1.86 bits per heavy atom. The molecule has 0 saturated carbocycles. The van der Waals surface area contributed by atoms with Crippen LogP contribution in [0.3, 0.4) is 0 Å². The van der Waals surface area contributed by atoms with Gasteiger partial charge in [0, 0.05) is 24.2 Å². The molecule has 1 aliphatic heterocycles. The first-order valence-electron chi connectivity index (χ1n) is 10.2. The van der Waals surface area contributed by atoms with Gasteiger partial charge < -0.3 is 5.32 Å². The molecule has 152 valence electrons. The van der Waals surface area contributed by atoms with Crippen LogP contribution in [0.1, 0.15) is 32.3 Å². The highest BCUT2D eigenvalue weighted by Crippen LogP contribution is 2.26. The van der Waals surface area contributed by atoms with Crippen molar-refractivity contribution < 1.29 is 8.42 Å². The van der Waals surface area contributed by atoms with Gasteiger partial charge in [-0.1, -0.05) is 26.0 Å². The number of nitrogens with zero attached hydrogens (tertiary/aromatic N) is 2. The molecule has 1 N–H and O–H groups in total. The Morgan fingerprint density at radius 3 is 2.62 bits per heavy atom. The molecule has 6 heteroatoms. The Balaban J connectivity index is 1.58. The van der Waals surface area contributed by atoms with E-state index in [1.807, 2.05) is 24.3 Å². The van der Waals surface area contributed by atoms with E-state index in [1.165, 1.54) is 5.56 Å². The number of hydrogen-bond donors (Lipinski definition) is 1. The monoisotopic (exact) mass is 409 g/mol. The number of piperidine rings is 1. The number of hydrogen-bond acceptors (Lipinski definition) is 4. The maximum absolute atomic E-state index is 13.0. The van der Waals surface area contributed by atoms with E-state index in [2.05, 4.69) is 36.3 Å². The average Bonchev–Trinajstić information content (AvgIpc) is 2.74. The topological polar surface area (TPSA) is 62.3 Å². The quantitative estimate of drug-likeness (QED) is 0.647. The van der Waals surface area contributed by atoms with E-state index in [9.17, 15) is 8.42 Å². The molecule has 4 rings (SSSR count). The van der Waals surface area contributed by atoms with Crippen molar-refractivity contribution in [2.45, 2.75) is 38.0 Å². The molecule has 0 bridgehead atoms. The van der Waals surface area contributed by atoms with E-state index in [-0.39, 0.29) is 0 Å². The third-order valence-electron chi connectivity index (χ3n) is 5.65. The minimum absolute atomic E-state index is 0.345. The van der Waals surface area contributed by atoms with Gasteiger partial charge >= 0.3 is 0 Å². The van der Waals surface area contributed by atoms with Gasteiger partial charge in [0.25, 0.3) is 0 Å². The molecule has 2 heterocycles. The van der Waals surface area contributed by atoms with Crippen molar-refractivity contribution in [3.63, 3.8) is 0 Å². The van der Waals surface area contributed by atoms with Crippen LogP contribution >= 0.6 is 0 Å². The van der Waals surface area contributed by atoms with Crippen LogP contribution in [0.25, 0.3) is 10.9 Å². The zero-order chi connectivity index (χ0) is 20.4. The van der Waals surface area contributed by atoms with Gasteiger partial charge in [-0.3, -0.25) is 0 Å². The van der Waals surface area contributed by atoms with Gasteiger partial charge in [-0.25, -0.2) is 13.4 Å². The van der Waals surface area contributed by atoms with Gasteiger partial charge in [0.2, 0.25) is 10.0 Å². The summed E-state index contributed by atoms with van der Waals surface area (Å²) in [6.07, 6.45) is 2.82. The van der Waals surface area contributed by atoms with E-state index < -0.39 is 10.0 Å². The van der Waals surface area contributed by atoms with Crippen molar-refractivity contribution in [2.24, 2.45) is 5.92 Å². The van der Waals surface area contributed by atoms with Gasteiger partial charge in [-0.2, -0.15) is 4.31 Å². The van der Waals surface area contributed by atoms with Crippen molar-refractivity contribution >= 4 is 32.4 Å². The SMILES string of the molecule is CCc1cccc(Nc2ccc3cc(S(=O)(=O)N4CCC(C)CC4)ccc3n2)c1. The van der Waals surface area contributed by atoms with Crippen molar-refractivity contribution in [1.29, 1.82) is 0 Å². The molecule has 0 atom stereocenters. The number of aromatic nitrogens is 1. The van der Waals surface area contributed by atoms with E-state index in [0.29, 0.717) is 23.9 Å². The minimum Gasteiger partial charge on any atom is -0.340 e. The molecule has 5 nitrogen and oxygen atoms in total. The summed E-state index contributed by atoms with van der Waals surface area (Å²) in [6, 6.07) is 17.3. The lowest BCUT2D eigenvalue weighted by Crippen LogP contribution is -2.37. The second-order valence-electron chi connectivity index (χ2n) is 7.82. The molecule has 2 aromatic carbocycles. The molecule has 3 aromatic rings. The summed E-state index contributed by atoms with van der Waals surface area (Å²) in [7, 11) is -3.45. The van der Waals surface area contributed by atoms with Crippen LogP contribution < -0.4 is 5.32 Å². The van der Waals surface area contributed by atoms with Gasteiger partial charge in [0.1, 0.15) is 5.82 Å². The normalized spacial score (nSPS) is 16.2. The fourth-order valence-electron chi connectivity index (χ4n) is 3.72. The lowest BCUT2D eigenvalue weighted by atomic mass is 10.0. The largest absolute Gasteiger partial charge is 0.340 e. The number of anilines is 2. The molecule has 0 amide bonds. The van der Waals surface area contributed by atoms with Gasteiger partial charge in [0.05, 0.1) is 10.4 Å². The minimum atomic E-state index is -3.45. The molecule has 1 aromatic heterocycles. The Labute approximate surface area is 172 Å². The molecular formula is C23H27N3O2S. The van der Waals surface area contributed by atoms with Gasteiger partial charge in [-0.05, 0) is 73.2 Å². The first-order valence-corrected chi connectivity index (χ1v) is 11.7. The van der Waals surface area contributed by atoms with E-state index in [1.54, 1.807) is 22.5 Å². The maximum atomic E-state index is 13.0. The van der Waals surface area contributed by atoms with E-state index >= 15 is 0 Å². The molecule has 0 spiro atoms. The van der Waals surface area contributed by atoms with Crippen LogP contribution in [0.4, 0.5) is 11.5 Å². The number of sulfonamides is 1. The Hall–Kier alpha value is -2.44. The van der Waals surface area contributed by atoms with Gasteiger partial charge in [0.15, 0.2) is 0 Å². The number of aryl methyl sites for hydroxylation is 1. The number of benzene rings is 2. The fraction of sp³-hybridized carbons (Fsp3) is 0.348. The molecule has 0 radical (unpaired) electrons. The Kier molecular flexibility index (Phi) is 5.56. The average molecular weight is 410 g/mol. The van der Waals surface area contributed by atoms with Crippen molar-refractivity contribution in [2.75, 3.05) is 18.4 Å². The van der Waals surface area contributed by atoms with Crippen LogP contribution in [-0.4, -0.2) is 30.8 Å². The number of rotatable bonds is 5. The molecular weight excluding hydrogens is 382 g/mol. The van der Waals surface area contributed by atoms with Crippen molar-refractivity contribution in [3.05, 3.63) is 60.2 Å². The molecule has 0 aliphatic carbocycles. The molecule has 1 saturated heterocycles. The van der Waals surface area contributed by atoms with Crippen LogP contribution in [0.2, 0.25) is 0 Å². The summed E-state index contributed by atoms with van der Waals surface area (Å²) in [4.78, 5) is 5.00. The van der Waals surface area contributed by atoms with E-state index in [0.717, 1.165) is 41.7 Å². The fourth-order valence-corrected chi connectivity index (χ4v) is 5.23. The Bertz CT molecular complexity index is 1120. The summed E-state index contributed by atoms with van der Waals surface area (Å²) in [5.41, 5.74) is 3.03. The van der Waals surface area contributed by atoms with Crippen LogP contribution in [0.15, 0.2) is 59.5 Å². The standard InChI is InChI=1S/C23H27N3O2S/c1-3-18-5-4-6-20(15-18)24-23-10-7-19-16-21(8-9-22(19)25-23)29(27,28)26-13-11-17(2)12-14-26/h4-10,15-17H,3,11-14H2,1-2H3,(H,24,25). The molecule has 1 fully saturated rings. The summed E-state index contributed by atoms with van der Waals surface area (Å²) < 4.78 is 27.6. The highest BCUT2D eigenvalue weighted by atomic mass is 32.2. The lowest BCUT2D eigenvalue weighted by Gasteiger charge is -2.29.